The van der Waals surface area contributed by atoms with Crippen LogP contribution in [0.5, 0.6) is 0 Å². The van der Waals surface area contributed by atoms with Crippen LogP contribution in [0, 0.1) is 5.92 Å². The molecule has 190 valence electrons. The van der Waals surface area contributed by atoms with Crippen LogP contribution >= 0.6 is 11.8 Å². The number of carbonyl (C=O) groups is 1. The molecule has 3 aliphatic heterocycles. The second kappa shape index (κ2) is 10.1. The van der Waals surface area contributed by atoms with Gasteiger partial charge in [0.25, 0.3) is 0 Å². The van der Waals surface area contributed by atoms with Crippen LogP contribution in [0.3, 0.4) is 0 Å². The third-order valence-corrected chi connectivity index (χ3v) is 9.30. The number of hydrogen-bond acceptors (Lipinski definition) is 7. The van der Waals surface area contributed by atoms with E-state index in [1.165, 1.54) is 11.8 Å². The number of benzene rings is 1. The largest absolute Gasteiger partial charge is 0.501 e. The molecule has 10 heteroatoms. The van der Waals surface area contributed by atoms with Gasteiger partial charge in [-0.05, 0) is 68.8 Å². The van der Waals surface area contributed by atoms with Gasteiger partial charge in [0.1, 0.15) is 0 Å². The molecule has 0 atom stereocenters. The topological polar surface area (TPSA) is 84.7 Å². The highest BCUT2D eigenvalue weighted by atomic mass is 32.2. The van der Waals surface area contributed by atoms with E-state index in [0.717, 1.165) is 82.1 Å². The van der Waals surface area contributed by atoms with E-state index in [-0.39, 0.29) is 12.0 Å². The number of rotatable bonds is 6. The fourth-order valence-electron chi connectivity index (χ4n) is 5.55. The van der Waals surface area contributed by atoms with E-state index in [2.05, 4.69) is 14.4 Å². The van der Waals surface area contributed by atoms with Gasteiger partial charge in [-0.15, -0.1) is 0 Å². The number of aromatic nitrogens is 2. The van der Waals surface area contributed by atoms with Gasteiger partial charge in [-0.25, -0.2) is 13.4 Å². The summed E-state index contributed by atoms with van der Waals surface area (Å²) >= 11 is 1.57. The molecule has 0 spiro atoms. The molecule has 4 heterocycles. The molecular weight excluding hydrogens is 484 g/mol. The van der Waals surface area contributed by atoms with Gasteiger partial charge in [-0.2, -0.15) is 0 Å². The average molecular weight is 519 g/mol. The highest BCUT2D eigenvalue weighted by Crippen LogP contribution is 2.34. The number of sulfone groups is 1. The zero-order valence-corrected chi connectivity index (χ0v) is 22.1. The zero-order valence-electron chi connectivity index (χ0n) is 20.5. The maximum absolute atomic E-state index is 13.3. The van der Waals surface area contributed by atoms with Crippen molar-refractivity contribution in [3.8, 4) is 0 Å². The molecule has 3 aliphatic rings. The van der Waals surface area contributed by atoms with E-state index in [4.69, 9.17) is 9.72 Å². The molecule has 8 nitrogen and oxygen atoms in total. The van der Waals surface area contributed by atoms with Crippen LogP contribution in [0.15, 0.2) is 40.1 Å². The monoisotopic (exact) mass is 518 g/mol. The molecule has 0 N–H and O–H groups in total. The van der Waals surface area contributed by atoms with Crippen molar-refractivity contribution in [3.63, 3.8) is 0 Å². The van der Waals surface area contributed by atoms with Gasteiger partial charge in [0.05, 0.1) is 28.8 Å². The van der Waals surface area contributed by atoms with E-state index in [9.17, 15) is 13.2 Å². The number of fused-ring (bicyclic) bond motifs is 1. The van der Waals surface area contributed by atoms with Gasteiger partial charge in [-0.3, -0.25) is 9.69 Å². The van der Waals surface area contributed by atoms with Crippen LogP contribution in [0.4, 0.5) is 0 Å². The Morgan fingerprint density at radius 3 is 2.51 bits per heavy atom. The van der Waals surface area contributed by atoms with Crippen molar-refractivity contribution in [2.45, 2.75) is 48.2 Å². The molecule has 2 saturated heterocycles. The Morgan fingerprint density at radius 2 is 1.89 bits per heavy atom. The van der Waals surface area contributed by atoms with Gasteiger partial charge in [0, 0.05) is 44.3 Å². The minimum Gasteiger partial charge on any atom is -0.501 e. The van der Waals surface area contributed by atoms with Crippen LogP contribution in [0.25, 0.3) is 11.0 Å². The Morgan fingerprint density at radius 1 is 1.14 bits per heavy atom. The third-order valence-electron chi connectivity index (χ3n) is 7.54. The maximum atomic E-state index is 13.3. The normalized spacial score (nSPS) is 20.9. The summed E-state index contributed by atoms with van der Waals surface area (Å²) in [5.74, 6) is 0.437. The maximum Gasteiger partial charge on any atom is 0.225 e. The Bertz CT molecular complexity index is 1220. The van der Waals surface area contributed by atoms with E-state index in [1.807, 2.05) is 18.6 Å². The molecule has 0 saturated carbocycles. The molecule has 0 radical (unpaired) electrons. The lowest BCUT2D eigenvalue weighted by Crippen LogP contribution is -2.45. The number of nitrogens with zero attached hydrogens (tertiary/aromatic N) is 4. The number of likely N-dealkylation sites (tertiary alicyclic amines) is 2. The molecule has 5 rings (SSSR count). The van der Waals surface area contributed by atoms with Crippen LogP contribution in [0.1, 0.15) is 38.1 Å². The highest BCUT2D eigenvalue weighted by molar-refractivity contribution is 7.98. The van der Waals surface area contributed by atoms with Gasteiger partial charge in [0.2, 0.25) is 5.91 Å². The summed E-state index contributed by atoms with van der Waals surface area (Å²) < 4.78 is 31.5. The first-order valence-electron chi connectivity index (χ1n) is 12.4. The molecule has 2 fully saturated rings. The standard InChI is InChI=1S/C25H34N4O4S2/c1-34-25-26-22-15-21(35(2,31)32)3-4-23(22)29(25)20-7-12-28(13-8-20)24(30)19-5-10-27(11-6-19)16-18-9-14-33-17-18/h3-4,15,17,19-20H,5-14,16H2,1-2H3. The molecule has 1 aromatic heterocycles. The van der Waals surface area contributed by atoms with Crippen LogP contribution in [-0.4, -0.2) is 85.5 Å². The van der Waals surface area contributed by atoms with E-state index < -0.39 is 9.84 Å². The highest BCUT2D eigenvalue weighted by Gasteiger charge is 2.32. The fraction of sp³-hybridized carbons (Fsp3) is 0.600. The van der Waals surface area contributed by atoms with Gasteiger partial charge >= 0.3 is 0 Å². The van der Waals surface area contributed by atoms with Crippen molar-refractivity contribution >= 4 is 38.5 Å². The quantitative estimate of drug-likeness (QED) is 0.542. The Labute approximate surface area is 211 Å². The number of piperidine rings is 2. The summed E-state index contributed by atoms with van der Waals surface area (Å²) in [6.07, 6.45) is 9.76. The van der Waals surface area contributed by atoms with E-state index in [0.29, 0.717) is 16.3 Å². The molecule has 1 amide bonds. The van der Waals surface area contributed by atoms with Crippen molar-refractivity contribution in [3.05, 3.63) is 30.0 Å². The Hall–Kier alpha value is -2.04. The van der Waals surface area contributed by atoms with Gasteiger partial charge < -0.3 is 14.2 Å². The summed E-state index contributed by atoms with van der Waals surface area (Å²) in [7, 11) is -3.28. The zero-order chi connectivity index (χ0) is 24.6. The van der Waals surface area contributed by atoms with Crippen LogP contribution < -0.4 is 0 Å². The smallest absolute Gasteiger partial charge is 0.225 e. The van der Waals surface area contributed by atoms with Crippen LogP contribution in [0.2, 0.25) is 0 Å². The lowest BCUT2D eigenvalue weighted by Gasteiger charge is -2.38. The predicted molar refractivity (Wildman–Crippen MR) is 137 cm³/mol. The van der Waals surface area contributed by atoms with Crippen molar-refractivity contribution in [2.24, 2.45) is 5.92 Å². The van der Waals surface area contributed by atoms with E-state index >= 15 is 0 Å². The Balaban J connectivity index is 1.20. The molecule has 0 aliphatic carbocycles. The van der Waals surface area contributed by atoms with E-state index in [1.54, 1.807) is 23.9 Å². The summed E-state index contributed by atoms with van der Waals surface area (Å²) in [5, 5.41) is 0.894. The minimum atomic E-state index is -3.28. The first kappa shape index (κ1) is 24.6. The molecular formula is C25H34N4O4S2. The SMILES string of the molecule is CSc1nc2cc(S(C)(=O)=O)ccc2n1C1CCN(C(=O)C2CCN(CC3=COCC3)CC2)CC1. The fourth-order valence-corrected chi connectivity index (χ4v) is 6.83. The summed E-state index contributed by atoms with van der Waals surface area (Å²) in [6, 6.07) is 5.46. The van der Waals surface area contributed by atoms with Crippen LogP contribution in [-0.2, 0) is 19.4 Å². The molecule has 2 aromatic rings. The van der Waals surface area contributed by atoms with Crippen molar-refractivity contribution in [2.75, 3.05) is 51.8 Å². The summed E-state index contributed by atoms with van der Waals surface area (Å²) in [6.45, 7) is 5.21. The minimum absolute atomic E-state index is 0.127. The summed E-state index contributed by atoms with van der Waals surface area (Å²) in [4.78, 5) is 22.8. The lowest BCUT2D eigenvalue weighted by molar-refractivity contribution is -0.138. The second-order valence-corrected chi connectivity index (χ2v) is 12.7. The molecule has 35 heavy (non-hydrogen) atoms. The second-order valence-electron chi connectivity index (χ2n) is 9.89. The van der Waals surface area contributed by atoms with Crippen molar-refractivity contribution in [1.82, 2.24) is 19.4 Å². The lowest BCUT2D eigenvalue weighted by atomic mass is 9.93. The number of imidazole rings is 1. The number of hydrogen-bond donors (Lipinski definition) is 0. The first-order valence-corrected chi connectivity index (χ1v) is 15.5. The number of thioether (sulfide) groups is 1. The average Bonchev–Trinajstić information content (AvgIpc) is 3.50. The molecule has 1 aromatic carbocycles. The third kappa shape index (κ3) is 5.24. The predicted octanol–water partition coefficient (Wildman–Crippen LogP) is 3.34. The number of ether oxygens (including phenoxy) is 1. The van der Waals surface area contributed by atoms with Crippen molar-refractivity contribution < 1.29 is 17.9 Å². The van der Waals surface area contributed by atoms with Crippen molar-refractivity contribution in [1.29, 1.82) is 0 Å². The number of carbonyl (C=O) groups excluding carboxylic acids is 1. The Kier molecular flexibility index (Phi) is 7.14. The number of amides is 1. The van der Waals surface area contributed by atoms with Gasteiger partial charge in [0.15, 0.2) is 15.0 Å². The van der Waals surface area contributed by atoms with Gasteiger partial charge in [-0.1, -0.05) is 11.8 Å². The first-order chi connectivity index (χ1) is 16.8. The molecule has 0 unspecified atom stereocenters. The summed E-state index contributed by atoms with van der Waals surface area (Å²) in [5.41, 5.74) is 3.03. The molecule has 0 bridgehead atoms.